The Morgan fingerprint density at radius 2 is 1.68 bits per heavy atom. The van der Waals surface area contributed by atoms with Gasteiger partial charge in [-0.15, -0.1) is 0 Å². The maximum absolute atomic E-state index is 13.8. The lowest BCUT2D eigenvalue weighted by molar-refractivity contribution is -0.427. The number of carbonyl (C=O) groups excluding carboxylic acids is 2. The van der Waals surface area contributed by atoms with E-state index >= 15 is 0 Å². The molecule has 5 rings (SSSR count). The molecule has 0 saturated carbocycles. The Labute approximate surface area is 238 Å². The number of Topliss-reactive ketones (excluding diaryl/α,β-unsaturated/α-hetero) is 1. The monoisotopic (exact) mass is 555 g/mol. The molecule has 0 unspecified atom stereocenters. The Balaban J connectivity index is 1.53. The number of ether oxygens (including phenoxy) is 1. The van der Waals surface area contributed by atoms with Gasteiger partial charge in [-0.25, -0.2) is 4.79 Å². The summed E-state index contributed by atoms with van der Waals surface area (Å²) in [5.74, 6) is -1.56. The number of benzene rings is 2. The second kappa shape index (κ2) is 10.5. The Kier molecular flexibility index (Phi) is 7.19. The van der Waals surface area contributed by atoms with Crippen molar-refractivity contribution in [3.63, 3.8) is 0 Å². The molecule has 0 amide bonds. The number of nitrogens with zero attached hydrogens (tertiary/aromatic N) is 2. The molecule has 2 heterocycles. The molecule has 0 bridgehead atoms. The van der Waals surface area contributed by atoms with Crippen LogP contribution in [0.15, 0.2) is 59.9 Å². The van der Waals surface area contributed by atoms with Crippen LogP contribution in [0.4, 0.5) is 5.69 Å². The SMILES string of the molecule is CCC(C)(C)C(=O)OCCCn1c(C)c(C2=C(O)/C(=C3/C(C)=[N+](CC(=O)O)c4ccccc43)C2=O)c2ccccc21. The van der Waals surface area contributed by atoms with Gasteiger partial charge in [-0.1, -0.05) is 37.3 Å². The smallest absolute Gasteiger partial charge is 0.370 e. The molecular weight excluding hydrogens is 520 g/mol. The molecule has 0 atom stereocenters. The van der Waals surface area contributed by atoms with E-state index in [4.69, 9.17) is 4.74 Å². The fourth-order valence-electron chi connectivity index (χ4n) is 5.71. The minimum atomic E-state index is -0.988. The lowest BCUT2D eigenvalue weighted by atomic mass is 9.78. The number of hydrogen-bond acceptors (Lipinski definition) is 5. The Hall–Kier alpha value is -4.46. The Morgan fingerprint density at radius 1 is 1.00 bits per heavy atom. The highest BCUT2D eigenvalue weighted by Crippen LogP contribution is 2.47. The minimum absolute atomic E-state index is 0.0851. The first-order chi connectivity index (χ1) is 19.5. The average molecular weight is 556 g/mol. The molecule has 1 aliphatic carbocycles. The van der Waals surface area contributed by atoms with Crippen molar-refractivity contribution in [2.24, 2.45) is 5.41 Å². The van der Waals surface area contributed by atoms with Gasteiger partial charge in [0, 0.05) is 41.7 Å². The molecule has 1 aliphatic heterocycles. The van der Waals surface area contributed by atoms with Gasteiger partial charge >= 0.3 is 11.9 Å². The van der Waals surface area contributed by atoms with Crippen molar-refractivity contribution < 1.29 is 33.9 Å². The molecule has 3 aromatic rings. The van der Waals surface area contributed by atoms with Crippen molar-refractivity contribution in [1.29, 1.82) is 0 Å². The predicted molar refractivity (Wildman–Crippen MR) is 157 cm³/mol. The topological polar surface area (TPSA) is 109 Å². The zero-order chi connectivity index (χ0) is 29.6. The van der Waals surface area contributed by atoms with Crippen molar-refractivity contribution in [2.75, 3.05) is 13.2 Å². The number of ketones is 1. The molecule has 2 N–H and O–H groups in total. The highest BCUT2D eigenvalue weighted by atomic mass is 16.5. The van der Waals surface area contributed by atoms with E-state index in [1.54, 1.807) is 11.5 Å². The van der Waals surface area contributed by atoms with Crippen molar-refractivity contribution in [3.8, 4) is 0 Å². The largest absolute Gasteiger partial charge is 0.506 e. The van der Waals surface area contributed by atoms with E-state index in [1.807, 2.05) is 76.2 Å². The van der Waals surface area contributed by atoms with Gasteiger partial charge in [0.2, 0.25) is 18.0 Å². The molecule has 1 aromatic heterocycles. The number of aliphatic hydroxyl groups is 1. The fourth-order valence-corrected chi connectivity index (χ4v) is 5.71. The van der Waals surface area contributed by atoms with Gasteiger partial charge in [-0.05, 0) is 45.7 Å². The van der Waals surface area contributed by atoms with Gasteiger partial charge in [-0.2, -0.15) is 4.58 Å². The van der Waals surface area contributed by atoms with Gasteiger partial charge in [0.25, 0.3) is 0 Å². The number of aliphatic carboxylic acids is 1. The summed E-state index contributed by atoms with van der Waals surface area (Å²) in [5, 5.41) is 21.7. The zero-order valence-corrected chi connectivity index (χ0v) is 24.1. The molecule has 2 aromatic carbocycles. The van der Waals surface area contributed by atoms with Crippen LogP contribution in [-0.4, -0.2) is 55.9 Å². The number of carbonyl (C=O) groups is 3. The number of allylic oxidation sites excluding steroid dienone is 3. The van der Waals surface area contributed by atoms with Crippen molar-refractivity contribution >= 4 is 51.2 Å². The first-order valence-electron chi connectivity index (χ1n) is 13.9. The van der Waals surface area contributed by atoms with Gasteiger partial charge in [0.1, 0.15) is 5.76 Å². The normalized spacial score (nSPS) is 16.9. The molecule has 0 radical (unpaired) electrons. The number of fused-ring (bicyclic) bond motifs is 2. The summed E-state index contributed by atoms with van der Waals surface area (Å²) in [4.78, 5) is 37.8. The van der Waals surface area contributed by atoms with Gasteiger partial charge in [-0.3, -0.25) is 9.59 Å². The molecule has 8 heteroatoms. The molecule has 8 nitrogen and oxygen atoms in total. The Morgan fingerprint density at radius 3 is 2.37 bits per heavy atom. The summed E-state index contributed by atoms with van der Waals surface area (Å²) in [6.45, 7) is 10.0. The van der Waals surface area contributed by atoms with E-state index in [0.29, 0.717) is 41.9 Å². The Bertz CT molecular complexity index is 1720. The van der Waals surface area contributed by atoms with Crippen LogP contribution in [-0.2, 0) is 25.7 Å². The maximum Gasteiger partial charge on any atom is 0.370 e. The van der Waals surface area contributed by atoms with Crippen LogP contribution in [0, 0.1) is 12.3 Å². The van der Waals surface area contributed by atoms with Crippen LogP contribution >= 0.6 is 0 Å². The number of aryl methyl sites for hydroxylation is 1. The third-order valence-corrected chi connectivity index (χ3v) is 8.38. The number of aliphatic hydroxyl groups excluding tert-OH is 1. The number of hydrogen-bond donors (Lipinski definition) is 2. The van der Waals surface area contributed by atoms with E-state index in [2.05, 4.69) is 4.57 Å². The van der Waals surface area contributed by atoms with Crippen LogP contribution in [0.1, 0.15) is 57.4 Å². The maximum atomic E-state index is 13.8. The van der Waals surface area contributed by atoms with Crippen LogP contribution < -0.4 is 0 Å². The lowest BCUT2D eigenvalue weighted by Gasteiger charge is -2.23. The molecule has 41 heavy (non-hydrogen) atoms. The second-order valence-corrected chi connectivity index (χ2v) is 11.2. The summed E-state index contributed by atoms with van der Waals surface area (Å²) >= 11 is 0. The second-order valence-electron chi connectivity index (χ2n) is 11.2. The quantitative estimate of drug-likeness (QED) is 0.149. The summed E-state index contributed by atoms with van der Waals surface area (Å²) in [6.07, 6.45) is 1.30. The fraction of sp³-hybridized carbons (Fsp3) is 0.333. The van der Waals surface area contributed by atoms with E-state index < -0.39 is 11.4 Å². The first kappa shape index (κ1) is 28.1. The highest BCUT2D eigenvalue weighted by Gasteiger charge is 2.45. The summed E-state index contributed by atoms with van der Waals surface area (Å²) < 4.78 is 9.28. The number of para-hydroxylation sites is 2. The lowest BCUT2D eigenvalue weighted by Crippen LogP contribution is -2.26. The number of carboxylic acids is 1. The van der Waals surface area contributed by atoms with E-state index in [-0.39, 0.29) is 41.8 Å². The van der Waals surface area contributed by atoms with Crippen LogP contribution in [0.2, 0.25) is 0 Å². The first-order valence-corrected chi connectivity index (χ1v) is 13.9. The molecular formula is C33H35N2O6+. The molecule has 212 valence electrons. The molecule has 0 spiro atoms. The van der Waals surface area contributed by atoms with Gasteiger partial charge in [0.05, 0.1) is 34.3 Å². The van der Waals surface area contributed by atoms with Crippen molar-refractivity contribution in [2.45, 2.75) is 54.0 Å². The zero-order valence-electron chi connectivity index (χ0n) is 24.1. The van der Waals surface area contributed by atoms with Crippen molar-refractivity contribution in [3.05, 3.63) is 76.7 Å². The summed E-state index contributed by atoms with van der Waals surface area (Å²) in [5.41, 5.74) is 4.99. The molecule has 2 aliphatic rings. The van der Waals surface area contributed by atoms with E-state index in [9.17, 15) is 24.6 Å². The third kappa shape index (κ3) is 4.57. The number of carboxylic acid groups (broad SMARTS) is 1. The summed E-state index contributed by atoms with van der Waals surface area (Å²) in [7, 11) is 0. The predicted octanol–water partition coefficient (Wildman–Crippen LogP) is 5.83. The molecule has 0 saturated heterocycles. The van der Waals surface area contributed by atoms with Crippen LogP contribution in [0.3, 0.4) is 0 Å². The van der Waals surface area contributed by atoms with Crippen LogP contribution in [0.5, 0.6) is 0 Å². The number of rotatable bonds is 9. The standard InChI is InChI=1S/C33H34N2O6/c1-6-33(4,5)32(40)41-17-11-16-34-19(2)26(21-12-7-9-14-23(21)34)28-30(38)29(31(28)39)27-20(3)35(18-25(36)37)24-15-10-8-13-22(24)27/h7-10,12-15H,6,11,16-18H2,1-5H3,(H-,36,37,38,39)/p+1. The van der Waals surface area contributed by atoms with E-state index in [0.717, 1.165) is 22.2 Å². The van der Waals surface area contributed by atoms with Gasteiger partial charge in [0.15, 0.2) is 5.71 Å². The average Bonchev–Trinajstić information content (AvgIpc) is 3.37. The van der Waals surface area contributed by atoms with E-state index in [1.165, 1.54) is 0 Å². The number of esters is 1. The van der Waals surface area contributed by atoms with Crippen LogP contribution in [0.25, 0.3) is 22.0 Å². The number of aromatic nitrogens is 1. The van der Waals surface area contributed by atoms with Gasteiger partial charge < -0.3 is 19.5 Å². The highest BCUT2D eigenvalue weighted by molar-refractivity contribution is 6.47. The summed E-state index contributed by atoms with van der Waals surface area (Å²) in [6, 6.07) is 15.1. The van der Waals surface area contributed by atoms with Crippen molar-refractivity contribution in [1.82, 2.24) is 4.57 Å². The third-order valence-electron chi connectivity index (χ3n) is 8.38. The minimum Gasteiger partial charge on any atom is -0.506 e. The molecule has 0 fully saturated rings.